The third kappa shape index (κ3) is 3.91. The Morgan fingerprint density at radius 3 is 2.63 bits per heavy atom. The van der Waals surface area contributed by atoms with Gasteiger partial charge in [0.05, 0.1) is 5.69 Å². The average Bonchev–Trinajstić information content (AvgIpc) is 2.85. The van der Waals surface area contributed by atoms with Gasteiger partial charge in [-0.1, -0.05) is 18.2 Å². The first-order valence-electron chi connectivity index (χ1n) is 5.60. The molecule has 0 aliphatic carbocycles. The number of hydrogen-bond donors (Lipinski definition) is 1. The minimum Gasteiger partial charge on any atom is -0.370 e. The molecule has 0 atom stereocenters. The standard InChI is InChI=1S/C12H16N6.HI/c1-17(2)12(13)14-8-11-15-9-16-18(11)10-6-4-3-5-7-10;/h3-7,9H,8H2,1-2H3,(H2,13,14);1H. The van der Waals surface area contributed by atoms with Gasteiger partial charge in [0.1, 0.15) is 12.9 Å². The zero-order chi connectivity index (χ0) is 13.0. The highest BCUT2D eigenvalue weighted by Crippen LogP contribution is 2.08. The minimum atomic E-state index is 0. The number of aromatic nitrogens is 3. The Balaban J connectivity index is 0.00000180. The lowest BCUT2D eigenvalue weighted by molar-refractivity contribution is 0.607. The Kier molecular flexibility index (Phi) is 5.74. The third-order valence-electron chi connectivity index (χ3n) is 2.46. The van der Waals surface area contributed by atoms with Crippen molar-refractivity contribution in [2.45, 2.75) is 6.54 Å². The Labute approximate surface area is 129 Å². The van der Waals surface area contributed by atoms with Crippen molar-refractivity contribution in [3.63, 3.8) is 0 Å². The van der Waals surface area contributed by atoms with Crippen LogP contribution in [0.15, 0.2) is 41.7 Å². The van der Waals surface area contributed by atoms with E-state index in [1.807, 2.05) is 44.4 Å². The molecule has 2 N–H and O–H groups in total. The molecule has 0 saturated carbocycles. The Morgan fingerprint density at radius 1 is 1.32 bits per heavy atom. The predicted molar refractivity (Wildman–Crippen MR) is 85.8 cm³/mol. The molecular weight excluding hydrogens is 355 g/mol. The van der Waals surface area contributed by atoms with Gasteiger partial charge in [0, 0.05) is 14.1 Å². The molecule has 0 aliphatic heterocycles. The normalized spacial score (nSPS) is 10.9. The fourth-order valence-corrected chi connectivity index (χ4v) is 1.45. The molecule has 1 heterocycles. The monoisotopic (exact) mass is 372 g/mol. The highest BCUT2D eigenvalue weighted by molar-refractivity contribution is 14.0. The maximum atomic E-state index is 5.74. The van der Waals surface area contributed by atoms with E-state index in [2.05, 4.69) is 15.1 Å². The first kappa shape index (κ1) is 15.4. The van der Waals surface area contributed by atoms with E-state index in [4.69, 9.17) is 5.73 Å². The third-order valence-corrected chi connectivity index (χ3v) is 2.46. The van der Waals surface area contributed by atoms with E-state index in [0.717, 1.165) is 11.5 Å². The largest absolute Gasteiger partial charge is 0.370 e. The van der Waals surface area contributed by atoms with Crippen molar-refractivity contribution in [2.24, 2.45) is 10.7 Å². The van der Waals surface area contributed by atoms with E-state index in [0.29, 0.717) is 12.5 Å². The number of hydrogen-bond acceptors (Lipinski definition) is 3. The van der Waals surface area contributed by atoms with Crippen LogP contribution in [0.5, 0.6) is 0 Å². The summed E-state index contributed by atoms with van der Waals surface area (Å²) in [6, 6.07) is 9.81. The van der Waals surface area contributed by atoms with Gasteiger partial charge in [-0.3, -0.25) is 0 Å². The van der Waals surface area contributed by atoms with Gasteiger partial charge in [-0.25, -0.2) is 14.7 Å². The predicted octanol–water partition coefficient (Wildman–Crippen LogP) is 1.26. The molecule has 0 bridgehead atoms. The van der Waals surface area contributed by atoms with Crippen molar-refractivity contribution in [1.29, 1.82) is 0 Å². The summed E-state index contributed by atoms with van der Waals surface area (Å²) in [6.07, 6.45) is 1.52. The van der Waals surface area contributed by atoms with E-state index in [1.165, 1.54) is 6.33 Å². The second kappa shape index (κ2) is 7.07. The molecule has 2 rings (SSSR count). The van der Waals surface area contributed by atoms with Crippen molar-refractivity contribution in [3.05, 3.63) is 42.5 Å². The minimum absolute atomic E-state index is 0. The van der Waals surface area contributed by atoms with E-state index in [1.54, 1.807) is 9.58 Å². The summed E-state index contributed by atoms with van der Waals surface area (Å²) in [7, 11) is 3.70. The van der Waals surface area contributed by atoms with Crippen LogP contribution in [0.3, 0.4) is 0 Å². The van der Waals surface area contributed by atoms with Gasteiger partial charge in [0.15, 0.2) is 11.8 Å². The number of nitrogens with two attached hydrogens (primary N) is 1. The maximum Gasteiger partial charge on any atom is 0.191 e. The van der Waals surface area contributed by atoms with Crippen LogP contribution in [-0.4, -0.2) is 39.7 Å². The molecule has 0 radical (unpaired) electrons. The van der Waals surface area contributed by atoms with Crippen LogP contribution >= 0.6 is 24.0 Å². The molecule has 102 valence electrons. The summed E-state index contributed by atoms with van der Waals surface area (Å²) in [4.78, 5) is 10.2. The molecule has 2 aromatic rings. The molecule has 0 amide bonds. The van der Waals surface area contributed by atoms with E-state index in [9.17, 15) is 0 Å². The number of halogens is 1. The SMILES string of the molecule is CN(C)C(N)=NCc1ncnn1-c1ccccc1.I. The summed E-state index contributed by atoms with van der Waals surface area (Å²) in [5.41, 5.74) is 6.70. The van der Waals surface area contributed by atoms with E-state index >= 15 is 0 Å². The van der Waals surface area contributed by atoms with Crippen molar-refractivity contribution >= 4 is 29.9 Å². The zero-order valence-electron chi connectivity index (χ0n) is 10.9. The smallest absolute Gasteiger partial charge is 0.191 e. The van der Waals surface area contributed by atoms with Gasteiger partial charge in [0.2, 0.25) is 0 Å². The van der Waals surface area contributed by atoms with Gasteiger partial charge in [-0.15, -0.1) is 24.0 Å². The molecule has 19 heavy (non-hydrogen) atoms. The van der Waals surface area contributed by atoms with Gasteiger partial charge < -0.3 is 10.6 Å². The van der Waals surface area contributed by atoms with Gasteiger partial charge in [-0.2, -0.15) is 5.10 Å². The van der Waals surface area contributed by atoms with Crippen LogP contribution in [-0.2, 0) is 6.54 Å². The fourth-order valence-electron chi connectivity index (χ4n) is 1.45. The second-order valence-electron chi connectivity index (χ2n) is 3.99. The number of guanidine groups is 1. The van der Waals surface area contributed by atoms with Crippen molar-refractivity contribution in [2.75, 3.05) is 14.1 Å². The molecule has 0 saturated heterocycles. The van der Waals surface area contributed by atoms with Crippen LogP contribution < -0.4 is 5.73 Å². The van der Waals surface area contributed by atoms with Crippen LogP contribution in [0.25, 0.3) is 5.69 Å². The van der Waals surface area contributed by atoms with Crippen LogP contribution in [0, 0.1) is 0 Å². The number of rotatable bonds is 3. The molecule has 1 aromatic heterocycles. The maximum absolute atomic E-state index is 5.74. The van der Waals surface area contributed by atoms with Crippen molar-refractivity contribution in [1.82, 2.24) is 19.7 Å². The summed E-state index contributed by atoms with van der Waals surface area (Å²) in [6.45, 7) is 0.402. The lowest BCUT2D eigenvalue weighted by atomic mass is 10.3. The lowest BCUT2D eigenvalue weighted by Crippen LogP contribution is -2.30. The van der Waals surface area contributed by atoms with Crippen LogP contribution in [0.1, 0.15) is 5.82 Å². The van der Waals surface area contributed by atoms with Crippen molar-refractivity contribution < 1.29 is 0 Å². The summed E-state index contributed by atoms with van der Waals surface area (Å²) >= 11 is 0. The second-order valence-corrected chi connectivity index (χ2v) is 3.99. The summed E-state index contributed by atoms with van der Waals surface area (Å²) in [5, 5.41) is 4.19. The van der Waals surface area contributed by atoms with Crippen molar-refractivity contribution in [3.8, 4) is 5.69 Å². The van der Waals surface area contributed by atoms with Gasteiger partial charge in [0.25, 0.3) is 0 Å². The number of benzene rings is 1. The van der Waals surface area contributed by atoms with E-state index < -0.39 is 0 Å². The van der Waals surface area contributed by atoms with Crippen LogP contribution in [0.4, 0.5) is 0 Å². The Hall–Kier alpha value is -1.64. The highest BCUT2D eigenvalue weighted by atomic mass is 127. The molecule has 7 heteroatoms. The highest BCUT2D eigenvalue weighted by Gasteiger charge is 2.05. The van der Waals surface area contributed by atoms with Gasteiger partial charge in [-0.05, 0) is 12.1 Å². The fraction of sp³-hybridized carbons (Fsp3) is 0.250. The molecule has 0 spiro atoms. The summed E-state index contributed by atoms with van der Waals surface area (Å²) in [5.74, 6) is 1.23. The molecule has 0 unspecified atom stereocenters. The van der Waals surface area contributed by atoms with E-state index in [-0.39, 0.29) is 24.0 Å². The first-order chi connectivity index (χ1) is 8.68. The average molecular weight is 372 g/mol. The molecule has 0 fully saturated rings. The molecular formula is C12H17IN6. The first-order valence-corrected chi connectivity index (χ1v) is 5.60. The van der Waals surface area contributed by atoms with Crippen LogP contribution in [0.2, 0.25) is 0 Å². The number of aliphatic imine (C=N–C) groups is 1. The molecule has 6 nitrogen and oxygen atoms in total. The number of nitrogens with zero attached hydrogens (tertiary/aromatic N) is 5. The Bertz CT molecular complexity index is 534. The quantitative estimate of drug-likeness (QED) is 0.500. The zero-order valence-corrected chi connectivity index (χ0v) is 13.2. The Morgan fingerprint density at radius 2 is 2.00 bits per heavy atom. The molecule has 1 aromatic carbocycles. The summed E-state index contributed by atoms with van der Waals surface area (Å²) < 4.78 is 1.76. The molecule has 0 aliphatic rings. The topological polar surface area (TPSA) is 72.3 Å². The van der Waals surface area contributed by atoms with Gasteiger partial charge >= 0.3 is 0 Å². The lowest BCUT2D eigenvalue weighted by Gasteiger charge is -2.10. The number of para-hydroxylation sites is 1.